The molecule has 0 amide bonds. The molecule has 5 unspecified atom stereocenters. The van der Waals surface area contributed by atoms with Crippen LogP contribution in [0.5, 0.6) is 0 Å². The zero-order valence-electron chi connectivity index (χ0n) is 19.6. The van der Waals surface area contributed by atoms with Gasteiger partial charge in [0.25, 0.3) is 0 Å². The molecule has 0 spiro atoms. The summed E-state index contributed by atoms with van der Waals surface area (Å²) in [5.41, 5.74) is -0.754. The molecule has 0 bridgehead atoms. The van der Waals surface area contributed by atoms with Crippen LogP contribution >= 0.6 is 0 Å². The average Bonchev–Trinajstić information content (AvgIpc) is 2.93. The fourth-order valence-corrected chi connectivity index (χ4v) is 5.74. The van der Waals surface area contributed by atoms with E-state index in [4.69, 9.17) is 14.9 Å². The fraction of sp³-hybridized carbons (Fsp3) is 0.760. The number of allylic oxidation sites excluding steroid dienone is 1. The molecule has 2 aliphatic heterocycles. The van der Waals surface area contributed by atoms with Gasteiger partial charge in [-0.15, -0.1) is 5.92 Å². The highest BCUT2D eigenvalue weighted by atomic mass is 19.4. The van der Waals surface area contributed by atoms with E-state index in [2.05, 4.69) is 16.8 Å². The molecule has 1 aliphatic carbocycles. The van der Waals surface area contributed by atoms with Crippen molar-refractivity contribution in [2.45, 2.75) is 96.4 Å². The van der Waals surface area contributed by atoms with Crippen LogP contribution in [0.4, 0.5) is 13.2 Å². The van der Waals surface area contributed by atoms with Crippen LogP contribution in [0, 0.1) is 35.0 Å². The third-order valence-corrected chi connectivity index (χ3v) is 7.34. The Morgan fingerprint density at radius 1 is 1.25 bits per heavy atom. The van der Waals surface area contributed by atoms with Crippen molar-refractivity contribution in [3.05, 3.63) is 11.3 Å². The molecule has 1 saturated heterocycles. The Hall–Kier alpha value is -1.81. The first kappa shape index (κ1) is 24.8. The van der Waals surface area contributed by atoms with Crippen LogP contribution in [0.1, 0.15) is 78.6 Å². The van der Waals surface area contributed by atoms with Crippen LogP contribution in [-0.4, -0.2) is 36.6 Å². The number of ether oxygens (including phenoxy) is 2. The Labute approximate surface area is 189 Å². The number of hydrogen-bond acceptors (Lipinski definition) is 4. The second-order valence-electron chi connectivity index (χ2n) is 9.21. The number of alkyl halides is 3. The van der Waals surface area contributed by atoms with Gasteiger partial charge in [0.2, 0.25) is 0 Å². The van der Waals surface area contributed by atoms with Crippen molar-refractivity contribution in [1.82, 2.24) is 0 Å². The number of hydrogen-bond donors (Lipinski definition) is 1. The summed E-state index contributed by atoms with van der Waals surface area (Å²) in [4.78, 5) is 4.06. The molecule has 0 aromatic rings. The second-order valence-corrected chi connectivity index (χ2v) is 9.21. The lowest BCUT2D eigenvalue weighted by atomic mass is 9.60. The number of methoxy groups -OCH3 is 1. The lowest BCUT2D eigenvalue weighted by Gasteiger charge is -2.50. The first-order valence-electron chi connectivity index (χ1n) is 11.8. The normalized spacial score (nSPS) is 33.5. The number of nitrogens with zero attached hydrogens (tertiary/aromatic N) is 1. The largest absolute Gasteiger partial charge is 0.472 e. The van der Waals surface area contributed by atoms with E-state index in [1.54, 1.807) is 14.0 Å². The molecule has 2 fully saturated rings. The predicted octanol–water partition coefficient (Wildman–Crippen LogP) is 6.45. The van der Waals surface area contributed by atoms with Gasteiger partial charge in [0, 0.05) is 30.7 Å². The Morgan fingerprint density at radius 3 is 2.62 bits per heavy atom. The second kappa shape index (κ2) is 9.99. The molecule has 7 heteroatoms. The average molecular weight is 453 g/mol. The summed E-state index contributed by atoms with van der Waals surface area (Å²) < 4.78 is 55.0. The van der Waals surface area contributed by atoms with Crippen LogP contribution < -0.4 is 0 Å². The maximum atomic E-state index is 14.4. The first-order chi connectivity index (χ1) is 15.2. The third-order valence-electron chi connectivity index (χ3n) is 7.34. The summed E-state index contributed by atoms with van der Waals surface area (Å²) in [5.74, 6) is 4.71. The molecular weight excluding hydrogens is 417 g/mol. The van der Waals surface area contributed by atoms with Crippen LogP contribution in [0.3, 0.4) is 0 Å². The van der Waals surface area contributed by atoms with Crippen LogP contribution in [0.25, 0.3) is 0 Å². The van der Waals surface area contributed by atoms with E-state index in [1.165, 1.54) is 0 Å². The Morgan fingerprint density at radius 2 is 2.00 bits per heavy atom. The molecule has 3 aliphatic rings. The number of aliphatic imine (C=N–C) groups is 1. The number of unbranched alkanes of at least 4 members (excludes halogenated alkanes) is 1. The van der Waals surface area contributed by atoms with Gasteiger partial charge in [-0.2, -0.15) is 13.2 Å². The van der Waals surface area contributed by atoms with Crippen molar-refractivity contribution in [2.24, 2.45) is 22.7 Å². The molecule has 178 valence electrons. The van der Waals surface area contributed by atoms with Crippen molar-refractivity contribution in [2.75, 3.05) is 7.11 Å². The molecule has 0 aromatic heterocycles. The third kappa shape index (κ3) is 4.76. The maximum Gasteiger partial charge on any atom is 0.433 e. The van der Waals surface area contributed by atoms with Crippen LogP contribution in [0.15, 0.2) is 16.3 Å². The molecule has 0 radical (unpaired) electrons. The van der Waals surface area contributed by atoms with Gasteiger partial charge in [0.1, 0.15) is 17.7 Å². The number of nitrogens with one attached hydrogen (secondary N) is 1. The van der Waals surface area contributed by atoms with Gasteiger partial charge in [-0.05, 0) is 51.4 Å². The van der Waals surface area contributed by atoms with Crippen molar-refractivity contribution in [1.29, 1.82) is 5.41 Å². The lowest BCUT2D eigenvalue weighted by Crippen LogP contribution is -2.53. The maximum absolute atomic E-state index is 14.4. The summed E-state index contributed by atoms with van der Waals surface area (Å²) in [6.07, 6.45) is 1.04. The van der Waals surface area contributed by atoms with E-state index in [0.29, 0.717) is 31.4 Å². The van der Waals surface area contributed by atoms with E-state index in [-0.39, 0.29) is 17.4 Å². The molecule has 3 rings (SSSR count). The molecule has 0 aromatic carbocycles. The summed E-state index contributed by atoms with van der Waals surface area (Å²) in [6.45, 7) is 5.68. The van der Waals surface area contributed by atoms with Crippen LogP contribution in [0.2, 0.25) is 0 Å². The minimum Gasteiger partial charge on any atom is -0.472 e. The van der Waals surface area contributed by atoms with Gasteiger partial charge in [0.05, 0.1) is 5.60 Å². The molecule has 32 heavy (non-hydrogen) atoms. The van der Waals surface area contributed by atoms with Crippen molar-refractivity contribution < 1.29 is 22.6 Å². The number of halogens is 3. The highest BCUT2D eigenvalue weighted by Gasteiger charge is 2.55. The minimum atomic E-state index is -4.60. The van der Waals surface area contributed by atoms with Gasteiger partial charge in [-0.25, -0.2) is 0 Å². The van der Waals surface area contributed by atoms with Crippen molar-refractivity contribution >= 4 is 11.6 Å². The molecule has 1 saturated carbocycles. The van der Waals surface area contributed by atoms with Gasteiger partial charge in [-0.1, -0.05) is 32.6 Å². The van der Waals surface area contributed by atoms with Crippen molar-refractivity contribution in [3.8, 4) is 11.8 Å². The van der Waals surface area contributed by atoms with Gasteiger partial charge >= 0.3 is 6.18 Å². The highest BCUT2D eigenvalue weighted by molar-refractivity contribution is 5.85. The zero-order valence-corrected chi connectivity index (χ0v) is 19.6. The molecule has 1 N–H and O–H groups in total. The predicted molar refractivity (Wildman–Crippen MR) is 120 cm³/mol. The van der Waals surface area contributed by atoms with E-state index in [1.807, 2.05) is 13.8 Å². The monoisotopic (exact) mass is 452 g/mol. The SMILES string of the molecule is CCCC#CC1C(=N)OC2CCC(C)=NC(C(F)(F)F)=C2C1C1CCCCC1(CC)OC. The number of fused-ring (bicyclic) bond motifs is 1. The lowest BCUT2D eigenvalue weighted by molar-refractivity contribution is -0.113. The van der Waals surface area contributed by atoms with E-state index >= 15 is 0 Å². The van der Waals surface area contributed by atoms with Crippen molar-refractivity contribution in [3.63, 3.8) is 0 Å². The topological polar surface area (TPSA) is 54.7 Å². The Bertz CT molecular complexity index is 830. The minimum absolute atomic E-state index is 0.0138. The van der Waals surface area contributed by atoms with Gasteiger partial charge < -0.3 is 9.47 Å². The Kier molecular flexibility index (Phi) is 7.75. The zero-order chi connectivity index (χ0) is 23.5. The highest BCUT2D eigenvalue weighted by Crippen LogP contribution is 2.53. The summed E-state index contributed by atoms with van der Waals surface area (Å²) in [7, 11) is 1.66. The Balaban J connectivity index is 2.27. The summed E-state index contributed by atoms with van der Waals surface area (Å²) >= 11 is 0. The molecule has 4 nitrogen and oxygen atoms in total. The van der Waals surface area contributed by atoms with Gasteiger partial charge in [0.15, 0.2) is 5.90 Å². The summed E-state index contributed by atoms with van der Waals surface area (Å²) in [6, 6.07) is 0. The summed E-state index contributed by atoms with van der Waals surface area (Å²) in [5, 5.41) is 8.63. The quantitative estimate of drug-likeness (QED) is 0.498. The van der Waals surface area contributed by atoms with E-state index < -0.39 is 35.4 Å². The molecule has 5 atom stereocenters. The smallest absolute Gasteiger partial charge is 0.433 e. The molecular formula is C25H35F3N2O2. The van der Waals surface area contributed by atoms with Crippen LogP contribution in [-0.2, 0) is 9.47 Å². The molecule has 2 heterocycles. The van der Waals surface area contributed by atoms with Gasteiger partial charge in [-0.3, -0.25) is 10.4 Å². The standard InChI is InChI=1S/C25H35F3N2O2/c1-5-7-8-11-17-20(18-12-9-10-15-24(18,6-2)31-4)21-19(32-23(17)29)14-13-16(3)30-22(21)25(26,27)28/h17-20,29H,5-7,9-10,12-15H2,1-4H3. The fourth-order valence-electron chi connectivity index (χ4n) is 5.74. The van der Waals surface area contributed by atoms with E-state index in [0.717, 1.165) is 32.1 Å². The number of rotatable bonds is 4. The van der Waals surface area contributed by atoms with E-state index in [9.17, 15) is 13.2 Å². The first-order valence-corrected chi connectivity index (χ1v) is 11.8.